The minimum absolute atomic E-state index is 0.122. The zero-order valence-corrected chi connectivity index (χ0v) is 12.7. The summed E-state index contributed by atoms with van der Waals surface area (Å²) in [5, 5.41) is 17.9. The summed E-state index contributed by atoms with van der Waals surface area (Å²) < 4.78 is 0. The van der Waals surface area contributed by atoms with E-state index in [0.717, 1.165) is 0 Å². The molecule has 2 N–H and O–H groups in total. The standard InChI is InChI=1S/C16H15N3O2S/c17-10-12-3-1-4-14(9-12)19-15(20)5-2-7-18-16(21)13-6-8-22-11-13/h1,3-4,6,8-9,11H,2,5,7H2,(H,18,21)(H,19,20). The first-order chi connectivity index (χ1) is 10.7. The molecule has 0 saturated heterocycles. The Morgan fingerprint density at radius 3 is 2.86 bits per heavy atom. The van der Waals surface area contributed by atoms with Crippen molar-refractivity contribution in [2.75, 3.05) is 11.9 Å². The van der Waals surface area contributed by atoms with Crippen LogP contribution >= 0.6 is 11.3 Å². The molecule has 112 valence electrons. The molecule has 2 amide bonds. The van der Waals surface area contributed by atoms with Gasteiger partial charge in [0.15, 0.2) is 0 Å². The highest BCUT2D eigenvalue weighted by Crippen LogP contribution is 2.10. The Morgan fingerprint density at radius 1 is 1.27 bits per heavy atom. The Labute approximate surface area is 132 Å². The number of hydrogen-bond acceptors (Lipinski definition) is 4. The second kappa shape index (κ2) is 7.96. The van der Waals surface area contributed by atoms with Crippen molar-refractivity contribution in [1.29, 1.82) is 5.26 Å². The molecule has 2 rings (SSSR count). The third-order valence-electron chi connectivity index (χ3n) is 2.92. The number of nitrogens with zero attached hydrogens (tertiary/aromatic N) is 1. The minimum atomic E-state index is -0.139. The molecule has 6 heteroatoms. The first-order valence-electron chi connectivity index (χ1n) is 6.79. The smallest absolute Gasteiger partial charge is 0.252 e. The van der Waals surface area contributed by atoms with Gasteiger partial charge in [0.05, 0.1) is 11.6 Å². The number of nitrogens with one attached hydrogen (secondary N) is 2. The average molecular weight is 313 g/mol. The number of anilines is 1. The first kappa shape index (κ1) is 15.7. The molecule has 0 aliphatic carbocycles. The maximum Gasteiger partial charge on any atom is 0.252 e. The van der Waals surface area contributed by atoms with Crippen molar-refractivity contribution >= 4 is 28.8 Å². The lowest BCUT2D eigenvalue weighted by molar-refractivity contribution is -0.116. The van der Waals surface area contributed by atoms with E-state index >= 15 is 0 Å². The van der Waals surface area contributed by atoms with Crippen molar-refractivity contribution in [3.8, 4) is 6.07 Å². The van der Waals surface area contributed by atoms with Crippen molar-refractivity contribution in [2.45, 2.75) is 12.8 Å². The molecule has 0 fully saturated rings. The van der Waals surface area contributed by atoms with Crippen LogP contribution in [0.25, 0.3) is 0 Å². The van der Waals surface area contributed by atoms with E-state index in [1.165, 1.54) is 11.3 Å². The van der Waals surface area contributed by atoms with Crippen molar-refractivity contribution in [3.05, 3.63) is 52.2 Å². The van der Waals surface area contributed by atoms with Gasteiger partial charge in [-0.1, -0.05) is 6.07 Å². The maximum atomic E-state index is 11.8. The molecule has 0 aliphatic rings. The van der Waals surface area contributed by atoms with E-state index in [2.05, 4.69) is 10.6 Å². The largest absolute Gasteiger partial charge is 0.352 e. The van der Waals surface area contributed by atoms with Gasteiger partial charge in [-0.3, -0.25) is 9.59 Å². The average Bonchev–Trinajstić information content (AvgIpc) is 3.06. The highest BCUT2D eigenvalue weighted by Gasteiger charge is 2.06. The lowest BCUT2D eigenvalue weighted by Crippen LogP contribution is -2.25. The van der Waals surface area contributed by atoms with E-state index in [4.69, 9.17) is 5.26 Å². The summed E-state index contributed by atoms with van der Waals surface area (Å²) in [4.78, 5) is 23.5. The summed E-state index contributed by atoms with van der Waals surface area (Å²) in [7, 11) is 0. The van der Waals surface area contributed by atoms with Crippen LogP contribution in [0.15, 0.2) is 41.1 Å². The topological polar surface area (TPSA) is 82.0 Å². The monoisotopic (exact) mass is 313 g/mol. The predicted octanol–water partition coefficient (Wildman–Crippen LogP) is 2.77. The van der Waals surface area contributed by atoms with Crippen LogP contribution in [-0.4, -0.2) is 18.4 Å². The molecule has 0 spiro atoms. The highest BCUT2D eigenvalue weighted by molar-refractivity contribution is 7.08. The van der Waals surface area contributed by atoms with Crippen molar-refractivity contribution < 1.29 is 9.59 Å². The van der Waals surface area contributed by atoms with E-state index in [-0.39, 0.29) is 11.8 Å². The van der Waals surface area contributed by atoms with Gasteiger partial charge in [0, 0.05) is 29.6 Å². The van der Waals surface area contributed by atoms with Crippen LogP contribution in [0.4, 0.5) is 5.69 Å². The van der Waals surface area contributed by atoms with E-state index in [1.54, 1.807) is 35.7 Å². The molecule has 1 aromatic heterocycles. The number of thiophene rings is 1. The molecule has 0 aliphatic heterocycles. The van der Waals surface area contributed by atoms with Gasteiger partial charge in [0.2, 0.25) is 5.91 Å². The zero-order chi connectivity index (χ0) is 15.8. The SMILES string of the molecule is N#Cc1cccc(NC(=O)CCCNC(=O)c2ccsc2)c1. The van der Waals surface area contributed by atoms with Gasteiger partial charge >= 0.3 is 0 Å². The molecule has 1 heterocycles. The number of amides is 2. The summed E-state index contributed by atoms with van der Waals surface area (Å²) >= 11 is 1.47. The van der Waals surface area contributed by atoms with Crippen molar-refractivity contribution in [3.63, 3.8) is 0 Å². The quantitative estimate of drug-likeness (QED) is 0.805. The third-order valence-corrected chi connectivity index (χ3v) is 3.61. The first-order valence-corrected chi connectivity index (χ1v) is 7.74. The molecule has 0 atom stereocenters. The molecule has 1 aromatic carbocycles. The summed E-state index contributed by atoms with van der Waals surface area (Å²) in [5.41, 5.74) is 1.75. The lowest BCUT2D eigenvalue weighted by Gasteiger charge is -2.06. The molecule has 2 aromatic rings. The van der Waals surface area contributed by atoms with Gasteiger partial charge in [-0.25, -0.2) is 0 Å². The van der Waals surface area contributed by atoms with Crippen LogP contribution in [0.1, 0.15) is 28.8 Å². The number of carbonyl (C=O) groups is 2. The lowest BCUT2D eigenvalue weighted by atomic mass is 10.2. The van der Waals surface area contributed by atoms with E-state index in [9.17, 15) is 9.59 Å². The van der Waals surface area contributed by atoms with Crippen molar-refractivity contribution in [1.82, 2.24) is 5.32 Å². The van der Waals surface area contributed by atoms with E-state index in [1.807, 2.05) is 11.4 Å². The van der Waals surface area contributed by atoms with Gasteiger partial charge in [-0.15, -0.1) is 0 Å². The van der Waals surface area contributed by atoms with Crippen molar-refractivity contribution in [2.24, 2.45) is 0 Å². The second-order valence-corrected chi connectivity index (χ2v) is 5.39. The summed E-state index contributed by atoms with van der Waals surface area (Å²) in [6.07, 6.45) is 0.861. The molecular weight excluding hydrogens is 298 g/mol. The van der Waals surface area contributed by atoms with Crippen LogP contribution < -0.4 is 10.6 Å². The Hall–Kier alpha value is -2.65. The number of rotatable bonds is 6. The third kappa shape index (κ3) is 4.72. The number of benzene rings is 1. The fourth-order valence-corrected chi connectivity index (χ4v) is 2.47. The normalized spacial score (nSPS) is 9.77. The van der Waals surface area contributed by atoms with Gasteiger partial charge in [-0.05, 0) is 36.1 Å². The van der Waals surface area contributed by atoms with Crippen LogP contribution in [-0.2, 0) is 4.79 Å². The van der Waals surface area contributed by atoms with Gasteiger partial charge in [0.25, 0.3) is 5.91 Å². The number of nitriles is 1. The van der Waals surface area contributed by atoms with Crippen LogP contribution in [0.2, 0.25) is 0 Å². The molecule has 0 saturated carbocycles. The molecule has 0 unspecified atom stereocenters. The Kier molecular flexibility index (Phi) is 5.69. The van der Waals surface area contributed by atoms with Gasteiger partial charge in [0.1, 0.15) is 0 Å². The molecule has 0 radical (unpaired) electrons. The molecular formula is C16H15N3O2S. The fraction of sp³-hybridized carbons (Fsp3) is 0.188. The Morgan fingerprint density at radius 2 is 2.14 bits per heavy atom. The fourth-order valence-electron chi connectivity index (χ4n) is 1.84. The summed E-state index contributed by atoms with van der Waals surface area (Å²) in [6, 6.07) is 10.5. The van der Waals surface area contributed by atoms with Crippen LogP contribution in [0.3, 0.4) is 0 Å². The number of carbonyl (C=O) groups excluding carboxylic acids is 2. The maximum absolute atomic E-state index is 11.8. The van der Waals surface area contributed by atoms with E-state index in [0.29, 0.717) is 36.2 Å². The zero-order valence-electron chi connectivity index (χ0n) is 11.8. The molecule has 5 nitrogen and oxygen atoms in total. The summed E-state index contributed by atoms with van der Waals surface area (Å²) in [6.45, 7) is 0.445. The Balaban J connectivity index is 1.70. The second-order valence-electron chi connectivity index (χ2n) is 4.61. The minimum Gasteiger partial charge on any atom is -0.352 e. The van der Waals surface area contributed by atoms with E-state index < -0.39 is 0 Å². The van der Waals surface area contributed by atoms with Crippen LogP contribution in [0, 0.1) is 11.3 Å². The predicted molar refractivity (Wildman–Crippen MR) is 85.7 cm³/mol. The highest BCUT2D eigenvalue weighted by atomic mass is 32.1. The van der Waals surface area contributed by atoms with Crippen LogP contribution in [0.5, 0.6) is 0 Å². The molecule has 22 heavy (non-hydrogen) atoms. The van der Waals surface area contributed by atoms with Gasteiger partial charge in [-0.2, -0.15) is 16.6 Å². The molecule has 0 bridgehead atoms. The number of hydrogen-bond donors (Lipinski definition) is 2. The summed E-state index contributed by atoms with van der Waals surface area (Å²) in [5.74, 6) is -0.261. The van der Waals surface area contributed by atoms with Gasteiger partial charge < -0.3 is 10.6 Å². The Bertz CT molecular complexity index is 690.